The minimum atomic E-state index is 0.744. The van der Waals surface area contributed by atoms with Gasteiger partial charge < -0.3 is 10.1 Å². The number of hydrogen-bond donors (Lipinski definition) is 1. The number of nitrogens with one attached hydrogen (secondary N) is 1. The molecule has 1 aromatic carbocycles. The molecular weight excluding hydrogens is 214 g/mol. The molecule has 0 radical (unpaired) electrons. The summed E-state index contributed by atoms with van der Waals surface area (Å²) in [7, 11) is 1.68. The van der Waals surface area contributed by atoms with E-state index in [1.807, 2.05) is 41.2 Å². The van der Waals surface area contributed by atoms with Crippen LogP contribution in [0.5, 0.6) is 5.75 Å². The molecule has 0 saturated carbocycles. The second-order valence-electron chi connectivity index (χ2n) is 3.69. The molecule has 90 valence electrons. The molecule has 2 aromatic rings. The third-order valence-corrected chi connectivity index (χ3v) is 2.67. The molecule has 4 nitrogen and oxygen atoms in total. The first-order valence-corrected chi connectivity index (χ1v) is 5.72. The van der Waals surface area contributed by atoms with Crippen LogP contribution in [0, 0.1) is 0 Å². The van der Waals surface area contributed by atoms with E-state index >= 15 is 0 Å². The van der Waals surface area contributed by atoms with Crippen molar-refractivity contribution in [3.05, 3.63) is 42.2 Å². The third-order valence-electron chi connectivity index (χ3n) is 2.67. The number of aryl methyl sites for hydroxylation is 1. The topological polar surface area (TPSA) is 39.1 Å². The van der Waals surface area contributed by atoms with Crippen LogP contribution < -0.4 is 10.1 Å². The number of ether oxygens (including phenoxy) is 1. The number of methoxy groups -OCH3 is 1. The second-order valence-corrected chi connectivity index (χ2v) is 3.69. The number of hydrogen-bond acceptors (Lipinski definition) is 3. The van der Waals surface area contributed by atoms with Crippen LogP contribution in [0.2, 0.25) is 0 Å². The zero-order chi connectivity index (χ0) is 12.1. The lowest BCUT2D eigenvalue weighted by Crippen LogP contribution is -2.08. The van der Waals surface area contributed by atoms with Gasteiger partial charge >= 0.3 is 0 Å². The fourth-order valence-corrected chi connectivity index (χ4v) is 1.77. The summed E-state index contributed by atoms with van der Waals surface area (Å²) in [6.45, 7) is 3.71. The molecule has 1 N–H and O–H groups in total. The third kappa shape index (κ3) is 2.58. The standard InChI is InChI=1S/C13H17N3O/c1-3-16-11(8-9-15-16)10-14-12-6-4-5-7-13(12)17-2/h4-9,14H,3,10H2,1-2H3. The van der Waals surface area contributed by atoms with Gasteiger partial charge in [0.1, 0.15) is 5.75 Å². The number of aromatic nitrogens is 2. The van der Waals surface area contributed by atoms with Crippen LogP contribution in [0.25, 0.3) is 0 Å². The summed E-state index contributed by atoms with van der Waals surface area (Å²) in [5.41, 5.74) is 2.16. The van der Waals surface area contributed by atoms with Crippen molar-refractivity contribution in [3.8, 4) is 5.75 Å². The Kier molecular flexibility index (Phi) is 3.65. The van der Waals surface area contributed by atoms with Crippen LogP contribution in [0.1, 0.15) is 12.6 Å². The highest BCUT2D eigenvalue weighted by Crippen LogP contribution is 2.23. The highest BCUT2D eigenvalue weighted by molar-refractivity contribution is 5.56. The summed E-state index contributed by atoms with van der Waals surface area (Å²) in [5.74, 6) is 0.857. The Morgan fingerprint density at radius 2 is 2.12 bits per heavy atom. The Hall–Kier alpha value is -1.97. The molecule has 4 heteroatoms. The van der Waals surface area contributed by atoms with Crippen LogP contribution in [0.15, 0.2) is 36.5 Å². The van der Waals surface area contributed by atoms with Gasteiger partial charge in [0.2, 0.25) is 0 Å². The van der Waals surface area contributed by atoms with E-state index in [4.69, 9.17) is 4.74 Å². The normalized spacial score (nSPS) is 10.2. The lowest BCUT2D eigenvalue weighted by atomic mass is 10.3. The first-order chi connectivity index (χ1) is 8.35. The zero-order valence-corrected chi connectivity index (χ0v) is 10.2. The van der Waals surface area contributed by atoms with Gasteiger partial charge in [-0.15, -0.1) is 0 Å². The first-order valence-electron chi connectivity index (χ1n) is 5.72. The zero-order valence-electron chi connectivity index (χ0n) is 10.2. The number of rotatable bonds is 5. The molecule has 0 atom stereocenters. The van der Waals surface area contributed by atoms with E-state index in [1.54, 1.807) is 7.11 Å². The van der Waals surface area contributed by atoms with E-state index in [0.717, 1.165) is 24.5 Å². The maximum Gasteiger partial charge on any atom is 0.141 e. The summed E-state index contributed by atoms with van der Waals surface area (Å²) in [4.78, 5) is 0. The lowest BCUT2D eigenvalue weighted by molar-refractivity contribution is 0.416. The van der Waals surface area contributed by atoms with Gasteiger partial charge in [-0.1, -0.05) is 12.1 Å². The monoisotopic (exact) mass is 231 g/mol. The molecule has 0 aliphatic heterocycles. The van der Waals surface area contributed by atoms with Gasteiger partial charge in [0.15, 0.2) is 0 Å². The number of nitrogens with zero attached hydrogens (tertiary/aromatic N) is 2. The predicted molar refractivity (Wildman–Crippen MR) is 68.2 cm³/mol. The smallest absolute Gasteiger partial charge is 0.141 e. The van der Waals surface area contributed by atoms with Crippen LogP contribution in [-0.4, -0.2) is 16.9 Å². The van der Waals surface area contributed by atoms with Crippen LogP contribution in [0.3, 0.4) is 0 Å². The van der Waals surface area contributed by atoms with Crippen molar-refractivity contribution in [2.75, 3.05) is 12.4 Å². The van der Waals surface area contributed by atoms with Crippen molar-refractivity contribution in [3.63, 3.8) is 0 Å². The van der Waals surface area contributed by atoms with Gasteiger partial charge in [0.25, 0.3) is 0 Å². The summed E-state index contributed by atoms with van der Waals surface area (Å²) < 4.78 is 7.26. The van der Waals surface area contributed by atoms with Gasteiger partial charge in [0, 0.05) is 12.7 Å². The quantitative estimate of drug-likeness (QED) is 0.859. The molecule has 0 aliphatic carbocycles. The van der Waals surface area contributed by atoms with Crippen LogP contribution in [0.4, 0.5) is 5.69 Å². The number of para-hydroxylation sites is 2. The van der Waals surface area contributed by atoms with Crippen molar-refractivity contribution in [2.45, 2.75) is 20.0 Å². The van der Waals surface area contributed by atoms with E-state index in [1.165, 1.54) is 5.69 Å². The Labute approximate surface area is 101 Å². The number of benzene rings is 1. The summed E-state index contributed by atoms with van der Waals surface area (Å²) in [5, 5.41) is 7.59. The van der Waals surface area contributed by atoms with Gasteiger partial charge in [-0.2, -0.15) is 5.10 Å². The molecule has 0 bridgehead atoms. The lowest BCUT2D eigenvalue weighted by Gasteiger charge is -2.11. The van der Waals surface area contributed by atoms with Crippen molar-refractivity contribution in [2.24, 2.45) is 0 Å². The largest absolute Gasteiger partial charge is 0.495 e. The molecule has 0 aliphatic rings. The first kappa shape index (κ1) is 11.5. The van der Waals surface area contributed by atoms with E-state index in [0.29, 0.717) is 0 Å². The minimum absolute atomic E-state index is 0.744. The summed E-state index contributed by atoms with van der Waals surface area (Å²) in [6.07, 6.45) is 1.82. The summed E-state index contributed by atoms with van der Waals surface area (Å²) >= 11 is 0. The molecule has 0 amide bonds. The molecule has 17 heavy (non-hydrogen) atoms. The molecule has 0 spiro atoms. The van der Waals surface area contributed by atoms with Crippen LogP contribution >= 0.6 is 0 Å². The van der Waals surface area contributed by atoms with E-state index in [9.17, 15) is 0 Å². The van der Waals surface area contributed by atoms with E-state index in [-0.39, 0.29) is 0 Å². The molecule has 0 unspecified atom stereocenters. The minimum Gasteiger partial charge on any atom is -0.495 e. The fraction of sp³-hybridized carbons (Fsp3) is 0.308. The Morgan fingerprint density at radius 1 is 1.29 bits per heavy atom. The van der Waals surface area contributed by atoms with Crippen molar-refractivity contribution < 1.29 is 4.74 Å². The van der Waals surface area contributed by atoms with Gasteiger partial charge in [-0.25, -0.2) is 0 Å². The van der Waals surface area contributed by atoms with Crippen molar-refractivity contribution in [1.82, 2.24) is 9.78 Å². The van der Waals surface area contributed by atoms with Gasteiger partial charge in [-0.3, -0.25) is 4.68 Å². The number of anilines is 1. The average Bonchev–Trinajstić information content (AvgIpc) is 2.84. The van der Waals surface area contributed by atoms with E-state index in [2.05, 4.69) is 17.3 Å². The Bertz CT molecular complexity index is 479. The Balaban J connectivity index is 2.07. The maximum atomic E-state index is 5.29. The molecule has 0 saturated heterocycles. The van der Waals surface area contributed by atoms with Gasteiger partial charge in [-0.05, 0) is 25.1 Å². The maximum absolute atomic E-state index is 5.29. The molecule has 1 aromatic heterocycles. The SMILES string of the molecule is CCn1nccc1CNc1ccccc1OC. The molecule has 0 fully saturated rings. The van der Waals surface area contributed by atoms with Crippen molar-refractivity contribution >= 4 is 5.69 Å². The van der Waals surface area contributed by atoms with E-state index < -0.39 is 0 Å². The Morgan fingerprint density at radius 3 is 2.88 bits per heavy atom. The fourth-order valence-electron chi connectivity index (χ4n) is 1.77. The highest BCUT2D eigenvalue weighted by Gasteiger charge is 2.03. The molecular formula is C13H17N3O. The highest BCUT2D eigenvalue weighted by atomic mass is 16.5. The van der Waals surface area contributed by atoms with Crippen molar-refractivity contribution in [1.29, 1.82) is 0 Å². The summed E-state index contributed by atoms with van der Waals surface area (Å²) in [6, 6.07) is 9.92. The average molecular weight is 231 g/mol. The molecule has 1 heterocycles. The van der Waals surface area contributed by atoms with Gasteiger partial charge in [0.05, 0.1) is 25.0 Å². The second kappa shape index (κ2) is 5.39. The predicted octanol–water partition coefficient (Wildman–Crippen LogP) is 2.52. The molecule has 2 rings (SSSR count). The van der Waals surface area contributed by atoms with Crippen LogP contribution in [-0.2, 0) is 13.1 Å².